The Bertz CT molecular complexity index is 573. The molecule has 1 aromatic carbocycles. The number of carbonyl (C=O) groups is 2. The Morgan fingerprint density at radius 1 is 1.12 bits per heavy atom. The fourth-order valence-corrected chi connectivity index (χ4v) is 1.78. The van der Waals surface area contributed by atoms with Crippen molar-refractivity contribution in [1.82, 2.24) is 0 Å². The van der Waals surface area contributed by atoms with Crippen LogP contribution in [-0.4, -0.2) is 42.0 Å². The SMILES string of the molecule is CCOC(=O)C(O)(CC(=O)Nc1ccc(OCC)cc1)C(F)(F)F. The quantitative estimate of drug-likeness (QED) is 0.738. The van der Waals surface area contributed by atoms with Gasteiger partial charge in [-0.2, -0.15) is 13.2 Å². The lowest BCUT2D eigenvalue weighted by Gasteiger charge is -2.27. The zero-order valence-electron chi connectivity index (χ0n) is 13.1. The first-order valence-corrected chi connectivity index (χ1v) is 7.13. The van der Waals surface area contributed by atoms with E-state index < -0.39 is 30.1 Å². The number of ether oxygens (including phenoxy) is 2. The summed E-state index contributed by atoms with van der Waals surface area (Å²) in [6.45, 7) is 3.14. The Morgan fingerprint density at radius 2 is 1.71 bits per heavy atom. The number of benzene rings is 1. The van der Waals surface area contributed by atoms with E-state index in [4.69, 9.17) is 4.74 Å². The lowest BCUT2D eigenvalue weighted by atomic mass is 9.98. The molecule has 0 aliphatic carbocycles. The van der Waals surface area contributed by atoms with Gasteiger partial charge in [0, 0.05) is 5.69 Å². The number of hydrogen-bond donors (Lipinski definition) is 2. The van der Waals surface area contributed by atoms with Gasteiger partial charge in [0.05, 0.1) is 19.6 Å². The molecule has 1 atom stereocenters. The molecule has 0 aliphatic rings. The number of esters is 1. The topological polar surface area (TPSA) is 84.9 Å². The van der Waals surface area contributed by atoms with Gasteiger partial charge in [-0.05, 0) is 38.1 Å². The van der Waals surface area contributed by atoms with Crippen molar-refractivity contribution in [2.75, 3.05) is 18.5 Å². The molecule has 2 N–H and O–H groups in total. The summed E-state index contributed by atoms with van der Waals surface area (Å²) in [6, 6.07) is 5.86. The van der Waals surface area contributed by atoms with Crippen LogP contribution >= 0.6 is 0 Å². The molecular formula is C15H18F3NO5. The van der Waals surface area contributed by atoms with E-state index in [0.29, 0.717) is 12.4 Å². The van der Waals surface area contributed by atoms with Gasteiger partial charge in [-0.25, -0.2) is 4.79 Å². The number of alkyl halides is 3. The highest BCUT2D eigenvalue weighted by atomic mass is 19.4. The third-order valence-corrected chi connectivity index (χ3v) is 2.95. The highest BCUT2D eigenvalue weighted by Gasteiger charge is 2.61. The molecule has 0 saturated heterocycles. The van der Waals surface area contributed by atoms with Gasteiger partial charge >= 0.3 is 12.1 Å². The number of amides is 1. The van der Waals surface area contributed by atoms with Crippen LogP contribution in [0.15, 0.2) is 24.3 Å². The summed E-state index contributed by atoms with van der Waals surface area (Å²) >= 11 is 0. The monoisotopic (exact) mass is 349 g/mol. The van der Waals surface area contributed by atoms with Crippen LogP contribution in [0.3, 0.4) is 0 Å². The van der Waals surface area contributed by atoms with Gasteiger partial charge in [-0.15, -0.1) is 0 Å². The van der Waals surface area contributed by atoms with Crippen LogP contribution < -0.4 is 10.1 Å². The molecule has 1 aromatic rings. The van der Waals surface area contributed by atoms with Gasteiger partial charge in [0.15, 0.2) is 0 Å². The summed E-state index contributed by atoms with van der Waals surface area (Å²) in [7, 11) is 0. The second kappa shape index (κ2) is 8.00. The van der Waals surface area contributed by atoms with Crippen LogP contribution in [0.1, 0.15) is 20.3 Å². The third-order valence-electron chi connectivity index (χ3n) is 2.95. The number of carbonyl (C=O) groups excluding carboxylic acids is 2. The summed E-state index contributed by atoms with van der Waals surface area (Å²) in [5.41, 5.74) is -3.71. The predicted molar refractivity (Wildman–Crippen MR) is 78.5 cm³/mol. The van der Waals surface area contributed by atoms with Crippen molar-refractivity contribution in [3.8, 4) is 5.75 Å². The molecule has 0 aromatic heterocycles. The van der Waals surface area contributed by atoms with Crippen molar-refractivity contribution in [3.63, 3.8) is 0 Å². The molecule has 0 radical (unpaired) electrons. The summed E-state index contributed by atoms with van der Waals surface area (Å²) in [5.74, 6) is -2.58. The minimum absolute atomic E-state index is 0.192. The first-order valence-electron chi connectivity index (χ1n) is 7.13. The number of nitrogens with one attached hydrogen (secondary N) is 1. The van der Waals surface area contributed by atoms with Crippen LogP contribution in [0, 0.1) is 0 Å². The van der Waals surface area contributed by atoms with E-state index in [1.165, 1.54) is 31.2 Å². The van der Waals surface area contributed by atoms with Gasteiger partial charge in [0.2, 0.25) is 5.91 Å². The zero-order chi connectivity index (χ0) is 18.4. The van der Waals surface area contributed by atoms with E-state index in [1.54, 1.807) is 6.92 Å². The summed E-state index contributed by atoms with van der Waals surface area (Å²) in [6.07, 6.45) is -6.86. The molecule has 1 amide bonds. The minimum atomic E-state index is -5.35. The standard InChI is InChI=1S/C15H18F3NO5/c1-3-23-11-7-5-10(6-8-11)19-12(20)9-14(22,15(16,17)18)13(21)24-4-2/h5-8,22H,3-4,9H2,1-2H3,(H,19,20). The van der Waals surface area contributed by atoms with Gasteiger partial charge in [0.1, 0.15) is 5.75 Å². The number of aliphatic hydroxyl groups is 1. The van der Waals surface area contributed by atoms with E-state index in [2.05, 4.69) is 10.1 Å². The average Bonchev–Trinajstić information content (AvgIpc) is 2.48. The van der Waals surface area contributed by atoms with E-state index >= 15 is 0 Å². The minimum Gasteiger partial charge on any atom is -0.494 e. The molecule has 0 fully saturated rings. The zero-order valence-corrected chi connectivity index (χ0v) is 13.1. The van der Waals surface area contributed by atoms with E-state index in [1.807, 2.05) is 0 Å². The van der Waals surface area contributed by atoms with Gasteiger partial charge in [-0.1, -0.05) is 0 Å². The second-order valence-electron chi connectivity index (χ2n) is 4.76. The molecular weight excluding hydrogens is 331 g/mol. The predicted octanol–water partition coefficient (Wildman–Crippen LogP) is 2.27. The first-order chi connectivity index (χ1) is 11.1. The van der Waals surface area contributed by atoms with Crippen LogP contribution in [0.25, 0.3) is 0 Å². The highest BCUT2D eigenvalue weighted by molar-refractivity contribution is 5.96. The summed E-state index contributed by atoms with van der Waals surface area (Å²) < 4.78 is 48.3. The van der Waals surface area contributed by atoms with Crippen LogP contribution in [0.2, 0.25) is 0 Å². The largest absolute Gasteiger partial charge is 0.494 e. The Balaban J connectivity index is 2.83. The van der Waals surface area contributed by atoms with Crippen molar-refractivity contribution in [2.24, 2.45) is 0 Å². The van der Waals surface area contributed by atoms with Crippen molar-refractivity contribution >= 4 is 17.6 Å². The molecule has 9 heteroatoms. The van der Waals surface area contributed by atoms with Crippen molar-refractivity contribution in [1.29, 1.82) is 0 Å². The summed E-state index contributed by atoms with van der Waals surface area (Å²) in [5, 5.41) is 11.8. The number of halogens is 3. The van der Waals surface area contributed by atoms with Crippen molar-refractivity contribution < 1.29 is 37.3 Å². The highest BCUT2D eigenvalue weighted by Crippen LogP contribution is 2.34. The van der Waals surface area contributed by atoms with E-state index in [0.717, 1.165) is 0 Å². The maximum absolute atomic E-state index is 13.0. The first kappa shape index (κ1) is 19.8. The Kier molecular flexibility index (Phi) is 6.59. The normalized spacial score (nSPS) is 13.8. The summed E-state index contributed by atoms with van der Waals surface area (Å²) in [4.78, 5) is 23.2. The van der Waals surface area contributed by atoms with Crippen LogP contribution in [0.5, 0.6) is 5.75 Å². The van der Waals surface area contributed by atoms with Crippen molar-refractivity contribution in [3.05, 3.63) is 24.3 Å². The van der Waals surface area contributed by atoms with Crippen LogP contribution in [-0.2, 0) is 14.3 Å². The fraction of sp³-hybridized carbons (Fsp3) is 0.467. The van der Waals surface area contributed by atoms with Crippen LogP contribution in [0.4, 0.5) is 18.9 Å². The Morgan fingerprint density at radius 3 is 2.17 bits per heavy atom. The molecule has 24 heavy (non-hydrogen) atoms. The lowest BCUT2D eigenvalue weighted by molar-refractivity contribution is -0.262. The molecule has 0 aliphatic heterocycles. The average molecular weight is 349 g/mol. The van der Waals surface area contributed by atoms with E-state index in [-0.39, 0.29) is 12.3 Å². The maximum atomic E-state index is 13.0. The molecule has 0 saturated carbocycles. The molecule has 0 spiro atoms. The molecule has 0 heterocycles. The van der Waals surface area contributed by atoms with Gasteiger partial charge in [0.25, 0.3) is 5.60 Å². The van der Waals surface area contributed by atoms with Gasteiger partial charge in [-0.3, -0.25) is 4.79 Å². The smallest absolute Gasteiger partial charge is 0.428 e. The fourth-order valence-electron chi connectivity index (χ4n) is 1.78. The third kappa shape index (κ3) is 4.85. The van der Waals surface area contributed by atoms with E-state index in [9.17, 15) is 27.9 Å². The molecule has 6 nitrogen and oxygen atoms in total. The number of rotatable bonds is 7. The van der Waals surface area contributed by atoms with Gasteiger partial charge < -0.3 is 19.9 Å². The second-order valence-corrected chi connectivity index (χ2v) is 4.76. The molecule has 134 valence electrons. The number of anilines is 1. The maximum Gasteiger partial charge on any atom is 0.428 e. The number of hydrogen-bond acceptors (Lipinski definition) is 5. The van der Waals surface area contributed by atoms with Crippen molar-refractivity contribution in [2.45, 2.75) is 32.0 Å². The molecule has 1 rings (SSSR count). The molecule has 1 unspecified atom stereocenters. The molecule has 0 bridgehead atoms. The Labute approximate surface area is 136 Å². The lowest BCUT2D eigenvalue weighted by Crippen LogP contribution is -2.54. The Hall–Kier alpha value is -2.29.